The number of fused-ring (bicyclic) bond motifs is 2. The first-order valence-corrected chi connectivity index (χ1v) is 4.53. The molecule has 0 aromatic heterocycles. The molecule has 2 aliphatic carbocycles. The molecule has 2 rings (SSSR count). The number of carbonyl (C=O) groups is 1. The number of carbonyl (C=O) groups excluding carboxylic acids is 1. The van der Waals surface area contributed by atoms with E-state index < -0.39 is 0 Å². The molecule has 2 bridgehead atoms. The summed E-state index contributed by atoms with van der Waals surface area (Å²) in [6, 6.07) is 0. The Labute approximate surface area is 67.4 Å². The van der Waals surface area contributed by atoms with Crippen LogP contribution >= 0.6 is 0 Å². The van der Waals surface area contributed by atoms with Crippen molar-refractivity contribution >= 4 is 5.91 Å². The standard InChI is InChI=1S/C9H15NO/c1-10-9(11)8-5-6-2-3-7(8)4-6/h6-8H,2-5H2,1H3,(H,10,11). The van der Waals surface area contributed by atoms with E-state index in [4.69, 9.17) is 0 Å². The quantitative estimate of drug-likeness (QED) is 0.602. The van der Waals surface area contributed by atoms with Crippen LogP contribution in [0.2, 0.25) is 0 Å². The lowest BCUT2D eigenvalue weighted by molar-refractivity contribution is -0.126. The van der Waals surface area contributed by atoms with Crippen molar-refractivity contribution in [3.05, 3.63) is 0 Å². The number of hydrogen-bond donors (Lipinski definition) is 1. The molecule has 1 N–H and O–H groups in total. The summed E-state index contributed by atoms with van der Waals surface area (Å²) in [5.41, 5.74) is 0. The third kappa shape index (κ3) is 1.05. The van der Waals surface area contributed by atoms with Crippen molar-refractivity contribution in [3.63, 3.8) is 0 Å². The third-order valence-corrected chi connectivity index (χ3v) is 3.32. The molecule has 62 valence electrons. The maximum absolute atomic E-state index is 11.3. The number of nitrogens with one attached hydrogen (secondary N) is 1. The third-order valence-electron chi connectivity index (χ3n) is 3.32. The highest BCUT2D eigenvalue weighted by Crippen LogP contribution is 2.48. The van der Waals surface area contributed by atoms with Crippen LogP contribution in [0.3, 0.4) is 0 Å². The molecule has 2 saturated carbocycles. The molecular weight excluding hydrogens is 138 g/mol. The van der Waals surface area contributed by atoms with Gasteiger partial charge in [-0.3, -0.25) is 4.79 Å². The minimum Gasteiger partial charge on any atom is -0.359 e. The Kier molecular flexibility index (Phi) is 1.63. The fourth-order valence-electron chi connectivity index (χ4n) is 2.75. The second-order valence-electron chi connectivity index (χ2n) is 3.90. The minimum atomic E-state index is 0.275. The van der Waals surface area contributed by atoms with Crippen molar-refractivity contribution in [2.75, 3.05) is 7.05 Å². The largest absolute Gasteiger partial charge is 0.359 e. The lowest BCUT2D eigenvalue weighted by Gasteiger charge is -2.19. The monoisotopic (exact) mass is 153 g/mol. The van der Waals surface area contributed by atoms with E-state index in [0.29, 0.717) is 5.92 Å². The van der Waals surface area contributed by atoms with E-state index in [9.17, 15) is 4.79 Å². The summed E-state index contributed by atoms with van der Waals surface area (Å²) in [7, 11) is 1.74. The number of hydrogen-bond acceptors (Lipinski definition) is 1. The average Bonchev–Trinajstić information content (AvgIpc) is 2.62. The number of amides is 1. The fourth-order valence-corrected chi connectivity index (χ4v) is 2.75. The highest BCUT2D eigenvalue weighted by atomic mass is 16.1. The zero-order chi connectivity index (χ0) is 7.84. The summed E-state index contributed by atoms with van der Waals surface area (Å²) in [5, 5.41) is 2.75. The van der Waals surface area contributed by atoms with Crippen molar-refractivity contribution in [1.82, 2.24) is 5.32 Å². The lowest BCUT2D eigenvalue weighted by Crippen LogP contribution is -2.30. The van der Waals surface area contributed by atoms with Gasteiger partial charge in [-0.2, -0.15) is 0 Å². The van der Waals surface area contributed by atoms with Gasteiger partial charge >= 0.3 is 0 Å². The van der Waals surface area contributed by atoms with Crippen LogP contribution in [0.4, 0.5) is 0 Å². The van der Waals surface area contributed by atoms with Crippen LogP contribution in [-0.4, -0.2) is 13.0 Å². The fraction of sp³-hybridized carbons (Fsp3) is 0.889. The molecule has 1 amide bonds. The summed E-state index contributed by atoms with van der Waals surface area (Å²) in [4.78, 5) is 11.3. The van der Waals surface area contributed by atoms with Crippen LogP contribution in [0.1, 0.15) is 25.7 Å². The van der Waals surface area contributed by atoms with Crippen LogP contribution in [0.25, 0.3) is 0 Å². The second kappa shape index (κ2) is 2.50. The molecule has 0 aromatic carbocycles. The Balaban J connectivity index is 2.02. The van der Waals surface area contributed by atoms with Crippen LogP contribution in [0, 0.1) is 17.8 Å². The molecule has 2 nitrogen and oxygen atoms in total. The maximum atomic E-state index is 11.3. The van der Waals surface area contributed by atoms with Gasteiger partial charge in [0.05, 0.1) is 0 Å². The summed E-state index contributed by atoms with van der Waals surface area (Å²) < 4.78 is 0. The van der Waals surface area contributed by atoms with Crippen LogP contribution in [0.5, 0.6) is 0 Å². The summed E-state index contributed by atoms with van der Waals surface area (Å²) in [5.74, 6) is 2.23. The Morgan fingerprint density at radius 2 is 2.18 bits per heavy atom. The van der Waals surface area contributed by atoms with Crippen molar-refractivity contribution in [2.24, 2.45) is 17.8 Å². The first kappa shape index (κ1) is 7.14. The molecule has 3 unspecified atom stereocenters. The molecule has 2 heteroatoms. The predicted octanol–water partition coefficient (Wildman–Crippen LogP) is 1.17. The SMILES string of the molecule is CNC(=O)C1CC2CCC1C2. The van der Waals surface area contributed by atoms with E-state index >= 15 is 0 Å². The van der Waals surface area contributed by atoms with Crippen molar-refractivity contribution in [1.29, 1.82) is 0 Å². The molecule has 0 aromatic rings. The van der Waals surface area contributed by atoms with Gasteiger partial charge in [0.2, 0.25) is 5.91 Å². The van der Waals surface area contributed by atoms with Gasteiger partial charge < -0.3 is 5.32 Å². The van der Waals surface area contributed by atoms with Gasteiger partial charge in [-0.05, 0) is 31.1 Å². The Morgan fingerprint density at radius 1 is 1.36 bits per heavy atom. The molecule has 2 fully saturated rings. The minimum absolute atomic E-state index is 0.275. The lowest BCUT2D eigenvalue weighted by atomic mass is 9.88. The topological polar surface area (TPSA) is 29.1 Å². The second-order valence-corrected chi connectivity index (χ2v) is 3.90. The zero-order valence-electron chi connectivity index (χ0n) is 6.97. The van der Waals surface area contributed by atoms with Gasteiger partial charge in [0.15, 0.2) is 0 Å². The maximum Gasteiger partial charge on any atom is 0.223 e. The highest BCUT2D eigenvalue weighted by Gasteiger charge is 2.42. The van der Waals surface area contributed by atoms with Crippen molar-refractivity contribution < 1.29 is 4.79 Å². The Morgan fingerprint density at radius 3 is 2.64 bits per heavy atom. The molecule has 0 radical (unpaired) electrons. The van der Waals surface area contributed by atoms with Gasteiger partial charge in [0.25, 0.3) is 0 Å². The van der Waals surface area contributed by atoms with Gasteiger partial charge in [-0.1, -0.05) is 6.42 Å². The van der Waals surface area contributed by atoms with Gasteiger partial charge in [0, 0.05) is 13.0 Å². The first-order valence-electron chi connectivity index (χ1n) is 4.53. The highest BCUT2D eigenvalue weighted by molar-refractivity contribution is 5.79. The summed E-state index contributed by atoms with van der Waals surface area (Å²) >= 11 is 0. The van der Waals surface area contributed by atoms with Gasteiger partial charge in [-0.25, -0.2) is 0 Å². The van der Waals surface area contributed by atoms with E-state index in [0.717, 1.165) is 18.3 Å². The van der Waals surface area contributed by atoms with E-state index in [1.54, 1.807) is 7.05 Å². The van der Waals surface area contributed by atoms with Crippen LogP contribution < -0.4 is 5.32 Å². The normalized spacial score (nSPS) is 41.0. The van der Waals surface area contributed by atoms with E-state index in [-0.39, 0.29) is 5.91 Å². The van der Waals surface area contributed by atoms with E-state index in [1.807, 2.05) is 0 Å². The van der Waals surface area contributed by atoms with Crippen molar-refractivity contribution in [2.45, 2.75) is 25.7 Å². The van der Waals surface area contributed by atoms with Gasteiger partial charge in [0.1, 0.15) is 0 Å². The van der Waals surface area contributed by atoms with Gasteiger partial charge in [-0.15, -0.1) is 0 Å². The number of rotatable bonds is 1. The first-order chi connectivity index (χ1) is 5.31. The Bertz CT molecular complexity index is 178. The molecule has 0 heterocycles. The van der Waals surface area contributed by atoms with Crippen LogP contribution in [-0.2, 0) is 4.79 Å². The summed E-state index contributed by atoms with van der Waals surface area (Å²) in [6.45, 7) is 0. The molecule has 11 heavy (non-hydrogen) atoms. The Hall–Kier alpha value is -0.530. The van der Waals surface area contributed by atoms with Crippen LogP contribution in [0.15, 0.2) is 0 Å². The molecule has 3 atom stereocenters. The van der Waals surface area contributed by atoms with Crippen molar-refractivity contribution in [3.8, 4) is 0 Å². The smallest absolute Gasteiger partial charge is 0.223 e. The predicted molar refractivity (Wildman–Crippen MR) is 43.0 cm³/mol. The molecule has 2 aliphatic rings. The molecule has 0 spiro atoms. The summed E-state index contributed by atoms with van der Waals surface area (Å²) in [6.07, 6.45) is 5.14. The molecule has 0 saturated heterocycles. The van der Waals surface area contributed by atoms with E-state index in [2.05, 4.69) is 5.32 Å². The molecular formula is C9H15NO. The zero-order valence-corrected chi connectivity index (χ0v) is 6.97. The average molecular weight is 153 g/mol. The van der Waals surface area contributed by atoms with E-state index in [1.165, 1.54) is 19.3 Å². The molecule has 0 aliphatic heterocycles.